The molecule has 3 atom stereocenters. The minimum absolute atomic E-state index is 0.110. The zero-order valence-electron chi connectivity index (χ0n) is 19.4. The van der Waals surface area contributed by atoms with Crippen LogP contribution in [-0.4, -0.2) is 70.3 Å². The fourth-order valence-corrected chi connectivity index (χ4v) is 5.18. The Bertz CT molecular complexity index is 970. The van der Waals surface area contributed by atoms with Gasteiger partial charge in [-0.05, 0) is 36.0 Å². The van der Waals surface area contributed by atoms with E-state index in [1.807, 2.05) is 18.2 Å². The third-order valence-corrected chi connectivity index (χ3v) is 7.06. The van der Waals surface area contributed by atoms with Gasteiger partial charge in [-0.15, -0.1) is 0 Å². The highest BCUT2D eigenvalue weighted by molar-refractivity contribution is 5.85. The van der Waals surface area contributed by atoms with Gasteiger partial charge in [-0.2, -0.15) is 13.2 Å². The second-order valence-electron chi connectivity index (χ2n) is 9.48. The van der Waals surface area contributed by atoms with Crippen molar-refractivity contribution in [1.82, 2.24) is 15.1 Å². The lowest BCUT2D eigenvalue weighted by atomic mass is 9.98. The molecule has 0 spiro atoms. The van der Waals surface area contributed by atoms with Gasteiger partial charge in [0.15, 0.2) is 0 Å². The minimum atomic E-state index is -4.52. The molecule has 1 saturated heterocycles. The van der Waals surface area contributed by atoms with Gasteiger partial charge in [-0.1, -0.05) is 37.5 Å². The number of carboxylic acid groups (broad SMARTS) is 1. The fraction of sp³-hybridized carbons (Fsp3) is 0.625. The summed E-state index contributed by atoms with van der Waals surface area (Å²) in [5.74, 6) is -2.05. The molecule has 0 aromatic heterocycles. The van der Waals surface area contributed by atoms with Gasteiger partial charge in [0.2, 0.25) is 5.91 Å². The summed E-state index contributed by atoms with van der Waals surface area (Å²) in [4.78, 5) is 39.8. The van der Waals surface area contributed by atoms with E-state index in [1.54, 1.807) is 4.90 Å². The molecule has 4 bridgehead atoms. The van der Waals surface area contributed by atoms with Crippen LogP contribution in [-0.2, 0) is 33.8 Å². The second-order valence-corrected chi connectivity index (χ2v) is 9.48. The summed E-state index contributed by atoms with van der Waals surface area (Å²) >= 11 is 0. The van der Waals surface area contributed by atoms with Gasteiger partial charge in [0, 0.05) is 19.5 Å². The smallest absolute Gasteiger partial charge is 0.410 e. The van der Waals surface area contributed by atoms with Crippen LogP contribution in [0.2, 0.25) is 0 Å². The van der Waals surface area contributed by atoms with E-state index in [1.165, 1.54) is 0 Å². The van der Waals surface area contributed by atoms with Crippen LogP contribution in [0.15, 0.2) is 18.2 Å². The molecule has 35 heavy (non-hydrogen) atoms. The van der Waals surface area contributed by atoms with Gasteiger partial charge < -0.3 is 14.7 Å². The van der Waals surface area contributed by atoms with E-state index in [4.69, 9.17) is 4.74 Å². The Morgan fingerprint density at radius 2 is 1.83 bits per heavy atom. The summed E-state index contributed by atoms with van der Waals surface area (Å²) in [5.41, 5.74) is 3.21. The van der Waals surface area contributed by atoms with Crippen LogP contribution in [0, 0.1) is 0 Å². The highest BCUT2D eigenvalue weighted by atomic mass is 19.4. The lowest BCUT2D eigenvalue weighted by molar-refractivity contribution is -0.160. The number of carbonyl (C=O) groups is 3. The number of nitrogens with one attached hydrogen (secondary N) is 1. The normalized spacial score (nSPS) is 26.7. The van der Waals surface area contributed by atoms with Crippen molar-refractivity contribution in [3.05, 3.63) is 34.9 Å². The molecular weight excluding hydrogens is 467 g/mol. The van der Waals surface area contributed by atoms with E-state index in [0.717, 1.165) is 40.9 Å². The van der Waals surface area contributed by atoms with Crippen molar-refractivity contribution >= 4 is 18.0 Å². The average molecular weight is 498 g/mol. The molecule has 11 heteroatoms. The lowest BCUT2D eigenvalue weighted by Crippen LogP contribution is -2.49. The molecule has 3 heterocycles. The van der Waals surface area contributed by atoms with Gasteiger partial charge in [0.1, 0.15) is 18.2 Å². The van der Waals surface area contributed by atoms with E-state index in [9.17, 15) is 32.7 Å². The first-order chi connectivity index (χ1) is 16.6. The first kappa shape index (κ1) is 25.3. The molecule has 0 saturated carbocycles. The Kier molecular flexibility index (Phi) is 7.53. The van der Waals surface area contributed by atoms with Crippen molar-refractivity contribution in [3.8, 4) is 0 Å². The van der Waals surface area contributed by atoms with Crippen LogP contribution in [0.5, 0.6) is 0 Å². The van der Waals surface area contributed by atoms with Crippen LogP contribution in [0.25, 0.3) is 0 Å². The molecule has 1 unspecified atom stereocenters. The molecule has 8 nitrogen and oxygen atoms in total. The predicted octanol–water partition coefficient (Wildman–Crippen LogP) is 3.22. The highest BCUT2D eigenvalue weighted by Crippen LogP contribution is 2.30. The Morgan fingerprint density at radius 3 is 2.57 bits per heavy atom. The van der Waals surface area contributed by atoms with E-state index in [2.05, 4.69) is 5.32 Å². The van der Waals surface area contributed by atoms with Gasteiger partial charge in [-0.25, -0.2) is 9.59 Å². The summed E-state index contributed by atoms with van der Waals surface area (Å²) in [7, 11) is 0. The summed E-state index contributed by atoms with van der Waals surface area (Å²) in [6.07, 6.45) is -2.87. The highest BCUT2D eigenvalue weighted by Gasteiger charge is 2.44. The number of aliphatic carboxylic acids is 1. The second kappa shape index (κ2) is 10.4. The van der Waals surface area contributed by atoms with Crippen LogP contribution < -0.4 is 5.32 Å². The van der Waals surface area contributed by atoms with Crippen LogP contribution in [0.3, 0.4) is 0 Å². The summed E-state index contributed by atoms with van der Waals surface area (Å²) in [5, 5.41) is 11.8. The zero-order chi connectivity index (χ0) is 25.2. The van der Waals surface area contributed by atoms with Gasteiger partial charge in [-0.3, -0.25) is 15.0 Å². The Morgan fingerprint density at radius 1 is 1.09 bits per heavy atom. The number of rotatable bonds is 1. The summed E-state index contributed by atoms with van der Waals surface area (Å²) in [6, 6.07) is 2.79. The molecule has 2 amide bonds. The van der Waals surface area contributed by atoms with Crippen molar-refractivity contribution in [3.63, 3.8) is 0 Å². The quantitative estimate of drug-likeness (QED) is 0.618. The number of nitrogens with zero attached hydrogens (tertiary/aromatic N) is 2. The van der Waals surface area contributed by atoms with Crippen molar-refractivity contribution in [2.24, 2.45) is 0 Å². The van der Waals surface area contributed by atoms with E-state index in [0.29, 0.717) is 25.9 Å². The SMILES string of the molecule is O=C(O)[C@@H]1C[C@@H]2CN1C(=O)CNC(C(F)(F)F)CCCCCCc1cccc3c1CN(C3)C(=O)O2. The number of aryl methyl sites for hydroxylation is 1. The molecule has 4 rings (SSSR count). The van der Waals surface area contributed by atoms with Gasteiger partial charge in [0.05, 0.1) is 13.1 Å². The molecule has 3 aliphatic heterocycles. The van der Waals surface area contributed by atoms with Crippen LogP contribution in [0.4, 0.5) is 18.0 Å². The predicted molar refractivity (Wildman–Crippen MR) is 118 cm³/mol. The number of hydrogen-bond donors (Lipinski definition) is 2. The molecule has 1 fully saturated rings. The number of carbonyl (C=O) groups excluding carboxylic acids is 2. The van der Waals surface area contributed by atoms with Gasteiger partial charge in [0.25, 0.3) is 0 Å². The monoisotopic (exact) mass is 497 g/mol. The van der Waals surface area contributed by atoms with Crippen molar-refractivity contribution in [1.29, 1.82) is 0 Å². The van der Waals surface area contributed by atoms with Crippen LogP contribution >= 0.6 is 0 Å². The molecule has 3 aliphatic rings. The number of halogens is 3. The largest absolute Gasteiger partial charge is 0.480 e. The Labute approximate surface area is 201 Å². The number of benzene rings is 1. The maximum Gasteiger partial charge on any atom is 0.410 e. The van der Waals surface area contributed by atoms with E-state index >= 15 is 0 Å². The zero-order valence-corrected chi connectivity index (χ0v) is 19.4. The average Bonchev–Trinajstić information content (AvgIpc) is 3.41. The molecule has 0 aliphatic carbocycles. The molecule has 2 N–H and O–H groups in total. The first-order valence-electron chi connectivity index (χ1n) is 12.0. The van der Waals surface area contributed by atoms with Crippen molar-refractivity contribution < 1.29 is 37.4 Å². The number of fused-ring (bicyclic) bond motifs is 3. The number of carboxylic acids is 1. The molecular formula is C24H30F3N3O5. The molecule has 1 aromatic rings. The topological polar surface area (TPSA) is 99.2 Å². The standard InChI is InChI=1S/C24H30F3N3O5/c25-24(26,27)20-9-4-2-1-3-6-15-7-5-8-16-12-29(14-18(15)16)23(34)35-17-10-19(22(32)33)30(13-17)21(31)11-28-20/h5,7-8,17,19-20,28H,1-4,6,9-14H2,(H,32,33)/t17-,19+,20?/m1/s1. The summed E-state index contributed by atoms with van der Waals surface area (Å²) in [6.45, 7) is -0.0362. The molecule has 1 aromatic carbocycles. The number of ether oxygens (including phenoxy) is 1. The fourth-order valence-electron chi connectivity index (χ4n) is 5.18. The third-order valence-electron chi connectivity index (χ3n) is 7.06. The third kappa shape index (κ3) is 5.88. The van der Waals surface area contributed by atoms with Gasteiger partial charge >= 0.3 is 18.2 Å². The number of amides is 2. The Balaban J connectivity index is 1.53. The first-order valence-corrected chi connectivity index (χ1v) is 12.0. The van der Waals surface area contributed by atoms with Crippen molar-refractivity contribution in [2.45, 2.75) is 82.4 Å². The van der Waals surface area contributed by atoms with Crippen molar-refractivity contribution in [2.75, 3.05) is 13.1 Å². The maximum absolute atomic E-state index is 13.5. The van der Waals surface area contributed by atoms with E-state index < -0.39 is 48.9 Å². The summed E-state index contributed by atoms with van der Waals surface area (Å²) < 4.78 is 46.1. The number of hydrogen-bond acceptors (Lipinski definition) is 5. The maximum atomic E-state index is 13.5. The molecule has 0 radical (unpaired) electrons. The number of alkyl halides is 3. The van der Waals surface area contributed by atoms with E-state index in [-0.39, 0.29) is 19.4 Å². The Hall–Kier alpha value is -2.82. The lowest BCUT2D eigenvalue weighted by Gasteiger charge is -2.25. The minimum Gasteiger partial charge on any atom is -0.480 e. The van der Waals surface area contributed by atoms with Crippen LogP contribution in [0.1, 0.15) is 55.2 Å². The molecule has 192 valence electrons.